The number of esters is 1. The molecule has 2 heterocycles. The van der Waals surface area contributed by atoms with E-state index in [1.165, 1.54) is 23.9 Å². The van der Waals surface area contributed by atoms with Crippen molar-refractivity contribution in [3.05, 3.63) is 40.5 Å². The van der Waals surface area contributed by atoms with E-state index in [0.29, 0.717) is 28.8 Å². The normalized spacial score (nSPS) is 23.9. The fraction of sp³-hybridized carbons (Fsp3) is 0.438. The van der Waals surface area contributed by atoms with Crippen molar-refractivity contribution in [1.82, 2.24) is 14.8 Å². The van der Waals surface area contributed by atoms with Crippen LogP contribution in [0.2, 0.25) is 0 Å². The van der Waals surface area contributed by atoms with Crippen molar-refractivity contribution in [3.63, 3.8) is 0 Å². The zero-order chi connectivity index (χ0) is 17.3. The molecule has 128 valence electrons. The Bertz CT molecular complexity index is 735. The molecule has 0 aliphatic heterocycles. The van der Waals surface area contributed by atoms with Gasteiger partial charge in [-0.15, -0.1) is 0 Å². The predicted octanol–water partition coefficient (Wildman–Crippen LogP) is 3.56. The summed E-state index contributed by atoms with van der Waals surface area (Å²) in [5.74, 6) is -1.21. The summed E-state index contributed by atoms with van der Waals surface area (Å²) >= 11 is 3.45. The van der Waals surface area contributed by atoms with Gasteiger partial charge in [0.05, 0.1) is 29.4 Å². The lowest BCUT2D eigenvalue weighted by Gasteiger charge is -2.30. The summed E-state index contributed by atoms with van der Waals surface area (Å²) in [4.78, 5) is 16.0. The van der Waals surface area contributed by atoms with E-state index in [1.807, 2.05) is 0 Å². The van der Waals surface area contributed by atoms with Crippen LogP contribution in [0.25, 0.3) is 5.82 Å². The molecule has 0 radical (unpaired) electrons. The number of rotatable bonds is 3. The number of hydrogen-bond donors (Lipinski definition) is 0. The molecule has 1 aliphatic rings. The second kappa shape index (κ2) is 6.96. The summed E-state index contributed by atoms with van der Waals surface area (Å²) in [7, 11) is 1.30. The Morgan fingerprint density at radius 2 is 2.21 bits per heavy atom. The first-order valence-electron chi connectivity index (χ1n) is 7.58. The Labute approximate surface area is 146 Å². The van der Waals surface area contributed by atoms with Crippen molar-refractivity contribution >= 4 is 21.9 Å². The van der Waals surface area contributed by atoms with Gasteiger partial charge >= 0.3 is 5.97 Å². The Morgan fingerprint density at radius 3 is 2.88 bits per heavy atom. The number of halogens is 3. The number of alkyl halides is 1. The number of pyridine rings is 1. The second-order valence-electron chi connectivity index (χ2n) is 5.79. The summed E-state index contributed by atoms with van der Waals surface area (Å²) < 4.78 is 33.8. The van der Waals surface area contributed by atoms with Crippen molar-refractivity contribution in [2.75, 3.05) is 7.11 Å². The molecule has 0 spiro atoms. The maximum Gasteiger partial charge on any atom is 0.309 e. The Balaban J connectivity index is 1.93. The number of aromatic nitrogens is 3. The Kier molecular flexibility index (Phi) is 4.93. The van der Waals surface area contributed by atoms with E-state index in [4.69, 9.17) is 4.74 Å². The number of hydrogen-bond acceptors (Lipinski definition) is 4. The van der Waals surface area contributed by atoms with Gasteiger partial charge in [-0.3, -0.25) is 4.79 Å². The molecule has 1 fully saturated rings. The first kappa shape index (κ1) is 17.0. The van der Waals surface area contributed by atoms with E-state index in [-0.39, 0.29) is 12.3 Å². The molecule has 3 rings (SSSR count). The van der Waals surface area contributed by atoms with Gasteiger partial charge in [-0.25, -0.2) is 18.4 Å². The summed E-state index contributed by atoms with van der Waals surface area (Å²) in [5.41, 5.74) is 0.656. The summed E-state index contributed by atoms with van der Waals surface area (Å²) in [5, 5.41) is 4.48. The summed E-state index contributed by atoms with van der Waals surface area (Å²) in [6.07, 6.45) is 2.82. The van der Waals surface area contributed by atoms with E-state index < -0.39 is 23.9 Å². The van der Waals surface area contributed by atoms with Crippen LogP contribution in [-0.2, 0) is 9.53 Å². The molecule has 0 aromatic carbocycles. The van der Waals surface area contributed by atoms with E-state index in [2.05, 4.69) is 26.0 Å². The van der Waals surface area contributed by atoms with Crippen molar-refractivity contribution in [2.24, 2.45) is 5.92 Å². The van der Waals surface area contributed by atoms with E-state index in [9.17, 15) is 13.6 Å². The third kappa shape index (κ3) is 3.33. The molecule has 1 saturated carbocycles. The van der Waals surface area contributed by atoms with Crippen molar-refractivity contribution in [2.45, 2.75) is 31.4 Å². The van der Waals surface area contributed by atoms with Gasteiger partial charge in [0.2, 0.25) is 0 Å². The quantitative estimate of drug-likeness (QED) is 0.740. The highest BCUT2D eigenvalue weighted by Crippen LogP contribution is 2.41. The van der Waals surface area contributed by atoms with Crippen molar-refractivity contribution in [1.29, 1.82) is 0 Å². The molecular weight excluding hydrogens is 384 g/mol. The smallest absolute Gasteiger partial charge is 0.309 e. The third-order valence-electron chi connectivity index (χ3n) is 4.28. The number of nitrogens with zero attached hydrogens (tertiary/aromatic N) is 3. The van der Waals surface area contributed by atoms with E-state index in [1.54, 1.807) is 6.20 Å². The minimum Gasteiger partial charge on any atom is -0.469 e. The molecule has 2 aromatic heterocycles. The molecule has 2 aromatic rings. The van der Waals surface area contributed by atoms with Gasteiger partial charge in [-0.1, -0.05) is 0 Å². The van der Waals surface area contributed by atoms with Crippen LogP contribution in [0.15, 0.2) is 29.0 Å². The zero-order valence-corrected chi connectivity index (χ0v) is 14.5. The maximum atomic E-state index is 13.7. The second-order valence-corrected chi connectivity index (χ2v) is 6.64. The van der Waals surface area contributed by atoms with Gasteiger partial charge in [0, 0.05) is 12.1 Å². The number of carbonyl (C=O) groups is 1. The Hall–Kier alpha value is -1.83. The van der Waals surface area contributed by atoms with Gasteiger partial charge in [0.1, 0.15) is 12.0 Å². The minimum absolute atomic E-state index is 0.130. The average Bonchev–Trinajstić information content (AvgIpc) is 2.96. The SMILES string of the molecule is COC(=O)[C@@H]1C[C@@H](F)CC[C@H]1c1nn(-c2ccc(F)cn2)cc1Br. The van der Waals surface area contributed by atoms with Gasteiger partial charge in [0.15, 0.2) is 5.82 Å². The topological polar surface area (TPSA) is 57.0 Å². The number of methoxy groups -OCH3 is 1. The van der Waals surface area contributed by atoms with Crippen LogP contribution >= 0.6 is 15.9 Å². The van der Waals surface area contributed by atoms with Crippen LogP contribution < -0.4 is 0 Å². The number of carbonyl (C=O) groups excluding carboxylic acids is 1. The van der Waals surface area contributed by atoms with Crippen LogP contribution in [0, 0.1) is 11.7 Å². The Morgan fingerprint density at radius 1 is 1.42 bits per heavy atom. The molecular formula is C16H16BrF2N3O2. The van der Waals surface area contributed by atoms with Crippen LogP contribution in [0.5, 0.6) is 0 Å². The number of ether oxygens (including phenoxy) is 1. The molecule has 24 heavy (non-hydrogen) atoms. The van der Waals surface area contributed by atoms with E-state index >= 15 is 0 Å². The highest BCUT2D eigenvalue weighted by atomic mass is 79.9. The molecule has 0 amide bonds. The monoisotopic (exact) mass is 399 g/mol. The lowest BCUT2D eigenvalue weighted by atomic mass is 9.76. The molecule has 8 heteroatoms. The zero-order valence-electron chi connectivity index (χ0n) is 13.0. The molecule has 0 unspecified atom stereocenters. The van der Waals surface area contributed by atoms with Crippen molar-refractivity contribution in [3.8, 4) is 5.82 Å². The molecule has 1 aliphatic carbocycles. The van der Waals surface area contributed by atoms with Crippen LogP contribution in [0.4, 0.5) is 8.78 Å². The standard InChI is InChI=1S/C16H16BrF2N3O2/c1-24-16(23)12-6-9(18)2-4-11(12)15-13(17)8-22(21-15)14-5-3-10(19)7-20-14/h3,5,7-9,11-12H,2,4,6H2,1H3/t9-,11+,12+/m0/s1. The highest BCUT2D eigenvalue weighted by molar-refractivity contribution is 9.10. The average molecular weight is 400 g/mol. The molecule has 5 nitrogen and oxygen atoms in total. The predicted molar refractivity (Wildman–Crippen MR) is 86.0 cm³/mol. The molecule has 0 saturated heterocycles. The fourth-order valence-corrected chi connectivity index (χ4v) is 3.66. The third-order valence-corrected chi connectivity index (χ3v) is 4.89. The minimum atomic E-state index is -1.01. The van der Waals surface area contributed by atoms with E-state index in [0.717, 1.165) is 6.20 Å². The van der Waals surface area contributed by atoms with Crippen LogP contribution in [0.3, 0.4) is 0 Å². The fourth-order valence-electron chi connectivity index (χ4n) is 3.10. The van der Waals surface area contributed by atoms with Gasteiger partial charge < -0.3 is 4.74 Å². The first-order valence-corrected chi connectivity index (χ1v) is 8.37. The van der Waals surface area contributed by atoms with Gasteiger partial charge in [-0.2, -0.15) is 5.10 Å². The van der Waals surface area contributed by atoms with Gasteiger partial charge in [-0.05, 0) is 47.3 Å². The van der Waals surface area contributed by atoms with Crippen molar-refractivity contribution < 1.29 is 18.3 Å². The molecule has 0 N–H and O–H groups in total. The summed E-state index contributed by atoms with van der Waals surface area (Å²) in [6.45, 7) is 0. The lowest BCUT2D eigenvalue weighted by Crippen LogP contribution is -2.31. The lowest BCUT2D eigenvalue weighted by molar-refractivity contribution is -0.148. The first-order chi connectivity index (χ1) is 11.5. The molecule has 3 atom stereocenters. The summed E-state index contributed by atoms with van der Waals surface area (Å²) in [6, 6.07) is 2.80. The van der Waals surface area contributed by atoms with Gasteiger partial charge in [0.25, 0.3) is 0 Å². The largest absolute Gasteiger partial charge is 0.469 e. The maximum absolute atomic E-state index is 13.7. The molecule has 0 bridgehead atoms. The van der Waals surface area contributed by atoms with Crippen LogP contribution in [0.1, 0.15) is 30.9 Å². The highest BCUT2D eigenvalue weighted by Gasteiger charge is 2.39. The van der Waals surface area contributed by atoms with Crippen LogP contribution in [-0.4, -0.2) is 34.0 Å².